The summed E-state index contributed by atoms with van der Waals surface area (Å²) in [6.07, 6.45) is 3.37. The Balaban J connectivity index is 2.37. The Morgan fingerprint density at radius 3 is 2.78 bits per heavy atom. The van der Waals surface area contributed by atoms with Crippen LogP contribution in [0, 0.1) is 0 Å². The summed E-state index contributed by atoms with van der Waals surface area (Å²) >= 11 is 0. The Hall–Kier alpha value is -1.40. The SMILES string of the molecule is CC(C)N(C)CCNC(=O)C(N)c1cnn(C)c1. The van der Waals surface area contributed by atoms with Gasteiger partial charge in [0.2, 0.25) is 5.91 Å². The first-order valence-corrected chi connectivity index (χ1v) is 6.14. The number of aromatic nitrogens is 2. The first-order valence-electron chi connectivity index (χ1n) is 6.14. The zero-order valence-corrected chi connectivity index (χ0v) is 11.6. The topological polar surface area (TPSA) is 76.2 Å². The zero-order chi connectivity index (χ0) is 13.7. The van der Waals surface area contributed by atoms with Crippen LogP contribution in [-0.4, -0.2) is 46.8 Å². The van der Waals surface area contributed by atoms with Crippen LogP contribution < -0.4 is 11.1 Å². The molecule has 6 nitrogen and oxygen atoms in total. The van der Waals surface area contributed by atoms with Gasteiger partial charge in [-0.2, -0.15) is 5.10 Å². The van der Waals surface area contributed by atoms with Crippen molar-refractivity contribution < 1.29 is 4.79 Å². The van der Waals surface area contributed by atoms with Gasteiger partial charge in [-0.05, 0) is 20.9 Å². The van der Waals surface area contributed by atoms with Gasteiger partial charge in [0.15, 0.2) is 0 Å². The van der Waals surface area contributed by atoms with Gasteiger partial charge in [-0.1, -0.05) is 0 Å². The molecule has 1 aromatic rings. The maximum absolute atomic E-state index is 11.8. The van der Waals surface area contributed by atoms with Crippen molar-refractivity contribution in [1.29, 1.82) is 0 Å². The fourth-order valence-corrected chi connectivity index (χ4v) is 1.48. The number of amides is 1. The van der Waals surface area contributed by atoms with E-state index in [1.165, 1.54) is 0 Å². The van der Waals surface area contributed by atoms with Crippen LogP contribution in [0.4, 0.5) is 0 Å². The lowest BCUT2D eigenvalue weighted by molar-refractivity contribution is -0.122. The van der Waals surface area contributed by atoms with Crippen molar-refractivity contribution in [2.75, 3.05) is 20.1 Å². The van der Waals surface area contributed by atoms with E-state index in [2.05, 4.69) is 29.2 Å². The Kier molecular flexibility index (Phi) is 5.30. The van der Waals surface area contributed by atoms with Crippen LogP contribution in [0.5, 0.6) is 0 Å². The number of carbonyl (C=O) groups excluding carboxylic acids is 1. The largest absolute Gasteiger partial charge is 0.353 e. The minimum Gasteiger partial charge on any atom is -0.353 e. The van der Waals surface area contributed by atoms with Gasteiger partial charge in [0.05, 0.1) is 6.20 Å². The van der Waals surface area contributed by atoms with E-state index in [0.717, 1.165) is 12.1 Å². The molecular weight excluding hydrogens is 230 g/mol. The average Bonchev–Trinajstić information content (AvgIpc) is 2.74. The second-order valence-corrected chi connectivity index (χ2v) is 4.79. The number of hydrogen-bond donors (Lipinski definition) is 2. The van der Waals surface area contributed by atoms with Gasteiger partial charge >= 0.3 is 0 Å². The lowest BCUT2D eigenvalue weighted by atomic mass is 10.1. The number of hydrogen-bond acceptors (Lipinski definition) is 4. The molecule has 1 heterocycles. The van der Waals surface area contributed by atoms with Crippen LogP contribution in [0.2, 0.25) is 0 Å². The molecule has 6 heteroatoms. The summed E-state index contributed by atoms with van der Waals surface area (Å²) in [7, 11) is 3.82. The molecule has 0 aliphatic rings. The second kappa shape index (κ2) is 6.51. The number of nitrogens with zero attached hydrogens (tertiary/aromatic N) is 3. The highest BCUT2D eigenvalue weighted by Crippen LogP contribution is 2.07. The fourth-order valence-electron chi connectivity index (χ4n) is 1.48. The lowest BCUT2D eigenvalue weighted by Crippen LogP contribution is -2.39. The molecule has 0 bridgehead atoms. The third-order valence-corrected chi connectivity index (χ3v) is 3.01. The molecule has 0 saturated heterocycles. The van der Waals surface area contributed by atoms with Crippen LogP contribution in [0.3, 0.4) is 0 Å². The highest BCUT2D eigenvalue weighted by Gasteiger charge is 2.16. The summed E-state index contributed by atoms with van der Waals surface area (Å²) in [4.78, 5) is 14.0. The van der Waals surface area contributed by atoms with Crippen LogP contribution in [0.25, 0.3) is 0 Å². The van der Waals surface area contributed by atoms with E-state index in [-0.39, 0.29) is 5.91 Å². The molecule has 1 rings (SSSR count). The van der Waals surface area contributed by atoms with Crippen molar-refractivity contribution in [1.82, 2.24) is 20.0 Å². The quantitative estimate of drug-likeness (QED) is 0.741. The van der Waals surface area contributed by atoms with E-state index in [9.17, 15) is 4.79 Å². The number of nitrogens with one attached hydrogen (secondary N) is 1. The van der Waals surface area contributed by atoms with E-state index in [1.807, 2.05) is 7.05 Å². The summed E-state index contributed by atoms with van der Waals surface area (Å²) in [5.74, 6) is -0.167. The predicted molar refractivity (Wildman–Crippen MR) is 70.9 cm³/mol. The molecule has 1 atom stereocenters. The Morgan fingerprint density at radius 2 is 2.28 bits per heavy atom. The molecule has 3 N–H and O–H groups in total. The summed E-state index contributed by atoms with van der Waals surface area (Å²) in [5, 5.41) is 6.83. The van der Waals surface area contributed by atoms with Crippen LogP contribution >= 0.6 is 0 Å². The van der Waals surface area contributed by atoms with E-state index < -0.39 is 6.04 Å². The molecule has 0 saturated carbocycles. The van der Waals surface area contributed by atoms with Crippen molar-refractivity contribution in [3.8, 4) is 0 Å². The minimum absolute atomic E-state index is 0.167. The van der Waals surface area contributed by atoms with Gasteiger partial charge in [-0.25, -0.2) is 0 Å². The Labute approximate surface area is 108 Å². The standard InChI is InChI=1S/C12H23N5O/c1-9(2)16(3)6-5-14-12(18)11(13)10-7-15-17(4)8-10/h7-9,11H,5-6,13H2,1-4H3,(H,14,18). The highest BCUT2D eigenvalue weighted by atomic mass is 16.2. The molecule has 1 amide bonds. The zero-order valence-electron chi connectivity index (χ0n) is 11.6. The Bertz CT molecular complexity index is 388. The van der Waals surface area contributed by atoms with Gasteiger partial charge in [0.1, 0.15) is 6.04 Å². The molecule has 1 aromatic heterocycles. The second-order valence-electron chi connectivity index (χ2n) is 4.79. The monoisotopic (exact) mass is 253 g/mol. The van der Waals surface area contributed by atoms with Crippen molar-refractivity contribution >= 4 is 5.91 Å². The maximum atomic E-state index is 11.8. The van der Waals surface area contributed by atoms with E-state index >= 15 is 0 Å². The number of nitrogens with two attached hydrogens (primary N) is 1. The molecule has 0 spiro atoms. The normalized spacial score (nSPS) is 13.1. The molecule has 102 valence electrons. The van der Waals surface area contributed by atoms with E-state index in [1.54, 1.807) is 24.1 Å². The molecular formula is C12H23N5O. The van der Waals surface area contributed by atoms with Crippen molar-refractivity contribution in [2.45, 2.75) is 25.9 Å². The van der Waals surface area contributed by atoms with Crippen molar-refractivity contribution in [3.63, 3.8) is 0 Å². The van der Waals surface area contributed by atoms with Gasteiger partial charge < -0.3 is 16.0 Å². The molecule has 0 radical (unpaired) electrons. The fraction of sp³-hybridized carbons (Fsp3) is 0.667. The summed E-state index contributed by atoms with van der Waals surface area (Å²) in [5.41, 5.74) is 6.58. The molecule has 0 aromatic carbocycles. The van der Waals surface area contributed by atoms with E-state index in [4.69, 9.17) is 5.73 Å². The Morgan fingerprint density at radius 1 is 1.61 bits per heavy atom. The number of rotatable bonds is 6. The van der Waals surface area contributed by atoms with Gasteiger partial charge in [-0.15, -0.1) is 0 Å². The smallest absolute Gasteiger partial charge is 0.241 e. The van der Waals surface area contributed by atoms with Crippen LogP contribution in [0.15, 0.2) is 12.4 Å². The molecule has 0 fully saturated rings. The average molecular weight is 253 g/mol. The van der Waals surface area contributed by atoms with Gasteiger partial charge in [0, 0.05) is 37.9 Å². The first kappa shape index (κ1) is 14.7. The minimum atomic E-state index is -0.650. The highest BCUT2D eigenvalue weighted by molar-refractivity contribution is 5.82. The molecule has 0 aliphatic carbocycles. The summed E-state index contributed by atoms with van der Waals surface area (Å²) in [6.45, 7) is 5.64. The van der Waals surface area contributed by atoms with Gasteiger partial charge in [0.25, 0.3) is 0 Å². The number of carbonyl (C=O) groups is 1. The number of aryl methyl sites for hydroxylation is 1. The van der Waals surface area contributed by atoms with Crippen molar-refractivity contribution in [2.24, 2.45) is 12.8 Å². The van der Waals surface area contributed by atoms with Gasteiger partial charge in [-0.3, -0.25) is 9.48 Å². The first-order chi connectivity index (χ1) is 8.41. The van der Waals surface area contributed by atoms with Crippen LogP contribution in [0.1, 0.15) is 25.5 Å². The van der Waals surface area contributed by atoms with Crippen LogP contribution in [-0.2, 0) is 11.8 Å². The molecule has 1 unspecified atom stereocenters. The third-order valence-electron chi connectivity index (χ3n) is 3.01. The summed E-state index contributed by atoms with van der Waals surface area (Å²) < 4.78 is 1.63. The molecule has 0 aliphatic heterocycles. The predicted octanol–water partition coefficient (Wildman–Crippen LogP) is -0.124. The van der Waals surface area contributed by atoms with E-state index in [0.29, 0.717) is 12.6 Å². The van der Waals surface area contributed by atoms with Crippen molar-refractivity contribution in [3.05, 3.63) is 18.0 Å². The number of likely N-dealkylation sites (N-methyl/N-ethyl adjacent to an activating group) is 1. The third kappa shape index (κ3) is 4.12. The molecule has 18 heavy (non-hydrogen) atoms. The lowest BCUT2D eigenvalue weighted by Gasteiger charge is -2.21. The summed E-state index contributed by atoms with van der Waals surface area (Å²) in [6, 6.07) is -0.183. The maximum Gasteiger partial charge on any atom is 0.241 e.